The Morgan fingerprint density at radius 3 is 2.76 bits per heavy atom. The highest BCUT2D eigenvalue weighted by Gasteiger charge is 2.22. The summed E-state index contributed by atoms with van der Waals surface area (Å²) in [6.45, 7) is 0. The number of H-pyrrole nitrogens is 1. The second-order valence-corrected chi connectivity index (χ2v) is 10.7. The highest BCUT2D eigenvalue weighted by molar-refractivity contribution is 7.99. The molecule has 0 saturated heterocycles. The van der Waals surface area contributed by atoms with Gasteiger partial charge in [0.25, 0.3) is 0 Å². The van der Waals surface area contributed by atoms with Crippen molar-refractivity contribution in [2.75, 3.05) is 25.2 Å². The van der Waals surface area contributed by atoms with Gasteiger partial charge in [0, 0.05) is 26.2 Å². The first-order valence-corrected chi connectivity index (χ1v) is 12.1. The summed E-state index contributed by atoms with van der Waals surface area (Å²) in [4.78, 5) is 16.6. The topological polar surface area (TPSA) is 108 Å². The molecule has 1 heterocycles. The van der Waals surface area contributed by atoms with Crippen molar-refractivity contribution in [2.24, 2.45) is 5.92 Å². The van der Waals surface area contributed by atoms with E-state index in [4.69, 9.17) is 11.6 Å². The lowest BCUT2D eigenvalue weighted by atomic mass is 10.0. The molecule has 2 aromatic rings. The Kier molecular flexibility index (Phi) is 7.20. The van der Waals surface area contributed by atoms with Gasteiger partial charge in [0.05, 0.1) is 10.8 Å². The number of anilines is 1. The van der Waals surface area contributed by atoms with E-state index in [2.05, 4.69) is 20.5 Å². The molecule has 1 aromatic carbocycles. The third-order valence-electron chi connectivity index (χ3n) is 4.77. The molecule has 3 rings (SSSR count). The fourth-order valence-electron chi connectivity index (χ4n) is 3.22. The van der Waals surface area contributed by atoms with Crippen LogP contribution in [0.5, 0.6) is 0 Å². The van der Waals surface area contributed by atoms with Gasteiger partial charge in [0.15, 0.2) is 0 Å². The van der Waals surface area contributed by atoms with E-state index in [9.17, 15) is 13.2 Å². The van der Waals surface area contributed by atoms with Crippen molar-refractivity contribution in [3.63, 3.8) is 0 Å². The summed E-state index contributed by atoms with van der Waals surface area (Å²) in [5.74, 6) is 1.35. The van der Waals surface area contributed by atoms with Crippen molar-refractivity contribution in [2.45, 2.75) is 42.2 Å². The minimum absolute atomic E-state index is 0.0554. The average Bonchev–Trinajstić information content (AvgIpc) is 3.34. The number of halogens is 1. The molecule has 0 unspecified atom stereocenters. The summed E-state index contributed by atoms with van der Waals surface area (Å²) in [6, 6.07) is 4.37. The van der Waals surface area contributed by atoms with Crippen molar-refractivity contribution < 1.29 is 13.2 Å². The summed E-state index contributed by atoms with van der Waals surface area (Å²) in [5, 5.41) is 10.4. The number of hydrogen-bond donors (Lipinski definition) is 2. The zero-order chi connectivity index (χ0) is 21.0. The first kappa shape index (κ1) is 22.1. The van der Waals surface area contributed by atoms with E-state index in [1.807, 2.05) is 0 Å². The summed E-state index contributed by atoms with van der Waals surface area (Å²) in [5.41, 5.74) is 0.359. The Balaban J connectivity index is 1.56. The van der Waals surface area contributed by atoms with Crippen LogP contribution in [-0.4, -0.2) is 53.7 Å². The van der Waals surface area contributed by atoms with Crippen LogP contribution in [0.3, 0.4) is 0 Å². The SMILES string of the molecule is CN(C)S(=O)(=O)c1cc(NC(=O)CSc2n[nH]c(CC3CCCC3)n2)ccc1Cl. The molecule has 0 aliphatic heterocycles. The molecule has 2 N–H and O–H groups in total. The third kappa shape index (κ3) is 5.71. The largest absolute Gasteiger partial charge is 0.325 e. The van der Waals surface area contributed by atoms with Crippen molar-refractivity contribution in [1.82, 2.24) is 19.5 Å². The van der Waals surface area contributed by atoms with Crippen molar-refractivity contribution in [1.29, 1.82) is 0 Å². The lowest BCUT2D eigenvalue weighted by molar-refractivity contribution is -0.113. The zero-order valence-electron chi connectivity index (χ0n) is 16.3. The predicted molar refractivity (Wildman–Crippen MR) is 114 cm³/mol. The fourth-order valence-corrected chi connectivity index (χ4v) is 5.24. The van der Waals surface area contributed by atoms with Crippen LogP contribution in [0, 0.1) is 5.92 Å². The monoisotopic (exact) mass is 457 g/mol. The Labute approximate surface area is 179 Å². The number of sulfonamides is 1. The molecule has 1 aliphatic rings. The van der Waals surface area contributed by atoms with Gasteiger partial charge in [-0.2, -0.15) is 0 Å². The Hall–Kier alpha value is -1.62. The number of thioether (sulfide) groups is 1. The molecule has 8 nitrogen and oxygen atoms in total. The van der Waals surface area contributed by atoms with Gasteiger partial charge in [-0.3, -0.25) is 9.89 Å². The van der Waals surface area contributed by atoms with E-state index in [0.29, 0.717) is 16.8 Å². The number of amides is 1. The molecule has 1 aromatic heterocycles. The predicted octanol–water partition coefficient (Wildman–Crippen LogP) is 3.17. The van der Waals surface area contributed by atoms with Crippen LogP contribution in [0.4, 0.5) is 5.69 Å². The number of aromatic amines is 1. The molecule has 158 valence electrons. The van der Waals surface area contributed by atoms with Crippen LogP contribution < -0.4 is 5.32 Å². The van der Waals surface area contributed by atoms with Crippen LogP contribution in [0.1, 0.15) is 31.5 Å². The molecule has 1 amide bonds. The van der Waals surface area contributed by atoms with Gasteiger partial charge in [-0.25, -0.2) is 17.7 Å². The standard InChI is InChI=1S/C18H24ClN5O3S2/c1-24(2)29(26,27)15-10-13(7-8-14(15)19)20-17(25)11-28-18-21-16(22-23-18)9-12-5-3-4-6-12/h7-8,10,12H,3-6,9,11H2,1-2H3,(H,20,25)(H,21,22,23). The van der Waals surface area contributed by atoms with Crippen LogP contribution in [0.15, 0.2) is 28.3 Å². The molecule has 0 radical (unpaired) electrons. The minimum atomic E-state index is -3.71. The van der Waals surface area contributed by atoms with Gasteiger partial charge in [-0.05, 0) is 24.1 Å². The molecular weight excluding hydrogens is 434 g/mol. The summed E-state index contributed by atoms with van der Waals surface area (Å²) >= 11 is 7.25. The normalized spacial score (nSPS) is 15.2. The Bertz CT molecular complexity index is 972. The van der Waals surface area contributed by atoms with E-state index >= 15 is 0 Å². The Morgan fingerprint density at radius 1 is 1.34 bits per heavy atom. The van der Waals surface area contributed by atoms with E-state index in [1.165, 1.54) is 63.7 Å². The molecule has 0 spiro atoms. The molecule has 0 atom stereocenters. The smallest absolute Gasteiger partial charge is 0.244 e. The van der Waals surface area contributed by atoms with E-state index in [0.717, 1.165) is 16.6 Å². The number of hydrogen-bond acceptors (Lipinski definition) is 6. The Morgan fingerprint density at radius 2 is 2.07 bits per heavy atom. The van der Waals surface area contributed by atoms with Gasteiger partial charge in [-0.15, -0.1) is 5.10 Å². The summed E-state index contributed by atoms with van der Waals surface area (Å²) in [7, 11) is -0.864. The molecular formula is C18H24ClN5O3S2. The lowest BCUT2D eigenvalue weighted by Crippen LogP contribution is -2.23. The molecule has 29 heavy (non-hydrogen) atoms. The van der Waals surface area contributed by atoms with Crippen LogP contribution in [0.2, 0.25) is 5.02 Å². The zero-order valence-corrected chi connectivity index (χ0v) is 18.7. The van der Waals surface area contributed by atoms with Crippen LogP contribution in [0.25, 0.3) is 0 Å². The van der Waals surface area contributed by atoms with Gasteiger partial charge >= 0.3 is 0 Å². The van der Waals surface area contributed by atoms with Crippen LogP contribution >= 0.6 is 23.4 Å². The van der Waals surface area contributed by atoms with Crippen molar-refractivity contribution >= 4 is 45.0 Å². The number of carbonyl (C=O) groups is 1. The maximum absolute atomic E-state index is 12.3. The molecule has 1 aliphatic carbocycles. The number of aromatic nitrogens is 3. The third-order valence-corrected chi connectivity index (χ3v) is 7.92. The second-order valence-electron chi connectivity index (χ2n) is 7.19. The summed E-state index contributed by atoms with van der Waals surface area (Å²) < 4.78 is 25.7. The second kappa shape index (κ2) is 9.46. The summed E-state index contributed by atoms with van der Waals surface area (Å²) in [6.07, 6.45) is 5.93. The van der Waals surface area contributed by atoms with Crippen molar-refractivity contribution in [3.8, 4) is 0 Å². The van der Waals surface area contributed by atoms with E-state index in [-0.39, 0.29) is 21.6 Å². The molecule has 1 saturated carbocycles. The maximum Gasteiger partial charge on any atom is 0.244 e. The maximum atomic E-state index is 12.3. The van der Waals surface area contributed by atoms with E-state index in [1.54, 1.807) is 6.07 Å². The minimum Gasteiger partial charge on any atom is -0.325 e. The highest BCUT2D eigenvalue weighted by atomic mass is 35.5. The quantitative estimate of drug-likeness (QED) is 0.589. The van der Waals surface area contributed by atoms with Gasteiger partial charge in [-0.1, -0.05) is 49.0 Å². The lowest BCUT2D eigenvalue weighted by Gasteiger charge is -2.14. The van der Waals surface area contributed by atoms with Gasteiger partial charge in [0.2, 0.25) is 21.1 Å². The highest BCUT2D eigenvalue weighted by Crippen LogP contribution is 2.28. The number of benzene rings is 1. The number of nitrogens with zero attached hydrogens (tertiary/aromatic N) is 3. The number of carbonyl (C=O) groups excluding carboxylic acids is 1. The van der Waals surface area contributed by atoms with E-state index < -0.39 is 10.0 Å². The van der Waals surface area contributed by atoms with Gasteiger partial charge < -0.3 is 5.32 Å². The van der Waals surface area contributed by atoms with Crippen molar-refractivity contribution in [3.05, 3.63) is 29.0 Å². The first-order chi connectivity index (χ1) is 13.8. The molecule has 11 heteroatoms. The number of nitrogens with one attached hydrogen (secondary N) is 2. The van der Waals surface area contributed by atoms with Gasteiger partial charge in [0.1, 0.15) is 10.7 Å². The molecule has 1 fully saturated rings. The molecule has 0 bridgehead atoms. The average molecular weight is 458 g/mol. The number of rotatable bonds is 8. The first-order valence-electron chi connectivity index (χ1n) is 9.31. The fraction of sp³-hybridized carbons (Fsp3) is 0.500. The van der Waals surface area contributed by atoms with Crippen LogP contribution in [-0.2, 0) is 21.2 Å².